The number of benzene rings is 2. The Bertz CT molecular complexity index is 718. The quantitative estimate of drug-likeness (QED) is 0.639. The minimum atomic E-state index is -0.426. The number of nitrogens with zero attached hydrogens (tertiary/aromatic N) is 2. The Morgan fingerprint density at radius 2 is 2.00 bits per heavy atom. The summed E-state index contributed by atoms with van der Waals surface area (Å²) in [7, 11) is 1.46. The Morgan fingerprint density at radius 1 is 1.25 bits per heavy atom. The predicted octanol–water partition coefficient (Wildman–Crippen LogP) is 3.22. The van der Waals surface area contributed by atoms with Gasteiger partial charge in [-0.1, -0.05) is 47.6 Å². The fraction of sp³-hybridized carbons (Fsp3) is 0.222. The molecule has 0 saturated heterocycles. The van der Waals surface area contributed by atoms with Gasteiger partial charge in [-0.3, -0.25) is 4.90 Å². The number of ether oxygens (including phenoxy) is 2. The van der Waals surface area contributed by atoms with Crippen molar-refractivity contribution in [2.45, 2.75) is 12.7 Å². The summed E-state index contributed by atoms with van der Waals surface area (Å²) in [5, 5.41) is 3.73. The molecule has 0 spiro atoms. The molecule has 1 amide bonds. The summed E-state index contributed by atoms with van der Waals surface area (Å²) in [5.74, 6) is 0.605. The lowest BCUT2D eigenvalue weighted by atomic mass is 10.2. The number of oxime groups is 1. The van der Waals surface area contributed by atoms with Crippen LogP contribution in [0.15, 0.2) is 59.8 Å². The maximum absolute atomic E-state index is 12.5. The van der Waals surface area contributed by atoms with E-state index >= 15 is 0 Å². The van der Waals surface area contributed by atoms with Crippen LogP contribution in [0.25, 0.3) is 0 Å². The number of carbonyl (C=O) groups is 1. The lowest BCUT2D eigenvalue weighted by Gasteiger charge is -2.32. The number of amides is 1. The fourth-order valence-corrected chi connectivity index (χ4v) is 2.43. The van der Waals surface area contributed by atoms with E-state index in [0.717, 1.165) is 5.56 Å². The van der Waals surface area contributed by atoms with Crippen molar-refractivity contribution < 1.29 is 19.1 Å². The molecule has 6 heteroatoms. The molecule has 0 aromatic heterocycles. The number of hydrogen-bond donors (Lipinski definition) is 0. The predicted molar refractivity (Wildman–Crippen MR) is 90.3 cm³/mol. The van der Waals surface area contributed by atoms with Crippen molar-refractivity contribution in [1.82, 2.24) is 0 Å². The van der Waals surface area contributed by atoms with Crippen LogP contribution in [-0.2, 0) is 16.2 Å². The van der Waals surface area contributed by atoms with E-state index in [2.05, 4.69) is 9.99 Å². The van der Waals surface area contributed by atoms with Crippen LogP contribution >= 0.6 is 0 Å². The summed E-state index contributed by atoms with van der Waals surface area (Å²) in [5.41, 5.74) is 1.61. The van der Waals surface area contributed by atoms with E-state index in [4.69, 9.17) is 9.47 Å². The summed E-state index contributed by atoms with van der Waals surface area (Å²) in [6.45, 7) is 0.521. The summed E-state index contributed by atoms with van der Waals surface area (Å²) in [6.07, 6.45) is 0.697. The molecule has 24 heavy (non-hydrogen) atoms. The molecule has 3 rings (SSSR count). The van der Waals surface area contributed by atoms with Crippen molar-refractivity contribution in [3.8, 4) is 5.75 Å². The molecule has 0 saturated carbocycles. The number of para-hydroxylation sites is 2. The van der Waals surface area contributed by atoms with E-state index in [1.807, 2.05) is 48.5 Å². The normalized spacial score (nSPS) is 16.4. The van der Waals surface area contributed by atoms with Gasteiger partial charge in [0.25, 0.3) is 0 Å². The third-order valence-electron chi connectivity index (χ3n) is 3.55. The summed E-state index contributed by atoms with van der Waals surface area (Å²) >= 11 is 0. The highest BCUT2D eigenvalue weighted by Crippen LogP contribution is 2.33. The molecule has 0 bridgehead atoms. The van der Waals surface area contributed by atoms with E-state index in [1.54, 1.807) is 11.0 Å². The molecule has 0 fully saturated rings. The molecule has 1 aliphatic rings. The molecule has 0 aliphatic carbocycles. The van der Waals surface area contributed by atoms with Gasteiger partial charge < -0.3 is 14.3 Å². The van der Waals surface area contributed by atoms with E-state index in [0.29, 0.717) is 18.0 Å². The summed E-state index contributed by atoms with van der Waals surface area (Å²) < 4.78 is 11.2. The maximum atomic E-state index is 12.5. The zero-order chi connectivity index (χ0) is 16.8. The zero-order valence-electron chi connectivity index (χ0n) is 13.3. The van der Waals surface area contributed by atoms with Gasteiger partial charge in [0.2, 0.25) is 0 Å². The van der Waals surface area contributed by atoms with Crippen molar-refractivity contribution in [2.75, 3.05) is 18.6 Å². The smallest absolute Gasteiger partial charge is 0.414 e. The molecule has 2 aromatic carbocycles. The van der Waals surface area contributed by atoms with E-state index in [1.165, 1.54) is 13.3 Å². The third-order valence-corrected chi connectivity index (χ3v) is 3.55. The standard InChI is InChI=1S/C18H18N2O4/c1-22-19-11-15-12-20(16-9-5-6-10-17(16)24-15)18(21)23-13-14-7-3-2-4-8-14/h2-11,15H,12-13H2,1H3/t15-/m1/s1. The average Bonchev–Trinajstić information content (AvgIpc) is 2.64. The van der Waals surface area contributed by atoms with Crippen molar-refractivity contribution in [3.63, 3.8) is 0 Å². The Balaban J connectivity index is 1.74. The van der Waals surface area contributed by atoms with Gasteiger partial charge in [0.05, 0.1) is 18.4 Å². The second-order valence-corrected chi connectivity index (χ2v) is 5.21. The second-order valence-electron chi connectivity index (χ2n) is 5.21. The molecule has 2 aromatic rings. The zero-order valence-corrected chi connectivity index (χ0v) is 13.3. The number of hydrogen-bond acceptors (Lipinski definition) is 5. The van der Waals surface area contributed by atoms with Crippen LogP contribution in [0.1, 0.15) is 5.56 Å². The fourth-order valence-electron chi connectivity index (χ4n) is 2.43. The highest BCUT2D eigenvalue weighted by atomic mass is 16.6. The van der Waals surface area contributed by atoms with Gasteiger partial charge >= 0.3 is 6.09 Å². The molecular formula is C18H18N2O4. The first-order chi connectivity index (χ1) is 11.8. The van der Waals surface area contributed by atoms with Crippen LogP contribution < -0.4 is 9.64 Å². The van der Waals surface area contributed by atoms with Gasteiger partial charge in [0.15, 0.2) is 6.10 Å². The third kappa shape index (κ3) is 3.65. The molecule has 1 aliphatic heterocycles. The molecule has 0 N–H and O–H groups in total. The van der Waals surface area contributed by atoms with Gasteiger partial charge in [0, 0.05) is 0 Å². The first kappa shape index (κ1) is 15.9. The van der Waals surface area contributed by atoms with Crippen LogP contribution in [-0.4, -0.2) is 32.1 Å². The topological polar surface area (TPSA) is 60.4 Å². The molecule has 6 nitrogen and oxygen atoms in total. The largest absolute Gasteiger partial charge is 0.481 e. The highest BCUT2D eigenvalue weighted by molar-refractivity contribution is 5.91. The van der Waals surface area contributed by atoms with Crippen molar-refractivity contribution in [3.05, 3.63) is 60.2 Å². The number of fused-ring (bicyclic) bond motifs is 1. The van der Waals surface area contributed by atoms with Gasteiger partial charge in [-0.25, -0.2) is 4.79 Å². The monoisotopic (exact) mass is 326 g/mol. The lowest BCUT2D eigenvalue weighted by molar-refractivity contribution is 0.141. The second kappa shape index (κ2) is 7.50. The van der Waals surface area contributed by atoms with Gasteiger partial charge in [0.1, 0.15) is 19.5 Å². The van der Waals surface area contributed by atoms with Crippen LogP contribution in [0.5, 0.6) is 5.75 Å². The molecular weight excluding hydrogens is 308 g/mol. The van der Waals surface area contributed by atoms with E-state index < -0.39 is 12.2 Å². The number of anilines is 1. The molecule has 124 valence electrons. The van der Waals surface area contributed by atoms with Crippen LogP contribution in [0.4, 0.5) is 10.5 Å². The van der Waals surface area contributed by atoms with Crippen molar-refractivity contribution in [2.24, 2.45) is 5.16 Å². The van der Waals surface area contributed by atoms with Crippen molar-refractivity contribution >= 4 is 18.0 Å². The van der Waals surface area contributed by atoms with Crippen LogP contribution in [0, 0.1) is 0 Å². The average molecular weight is 326 g/mol. The Labute approximate surface area is 140 Å². The van der Waals surface area contributed by atoms with Gasteiger partial charge in [-0.2, -0.15) is 0 Å². The Hall–Kier alpha value is -3.02. The summed E-state index contributed by atoms with van der Waals surface area (Å²) in [4.78, 5) is 18.8. The Morgan fingerprint density at radius 3 is 2.79 bits per heavy atom. The summed E-state index contributed by atoms with van der Waals surface area (Å²) in [6, 6.07) is 16.9. The minimum Gasteiger partial charge on any atom is -0.481 e. The molecule has 1 atom stereocenters. The molecule has 0 radical (unpaired) electrons. The lowest BCUT2D eigenvalue weighted by Crippen LogP contribution is -2.44. The van der Waals surface area contributed by atoms with E-state index in [-0.39, 0.29) is 6.61 Å². The first-order valence-corrected chi connectivity index (χ1v) is 7.58. The number of carbonyl (C=O) groups excluding carboxylic acids is 1. The first-order valence-electron chi connectivity index (χ1n) is 7.58. The molecule has 0 unspecified atom stereocenters. The maximum Gasteiger partial charge on any atom is 0.414 e. The SMILES string of the molecule is CON=C[C@@H]1CN(C(=O)OCc2ccccc2)c2ccccc2O1. The van der Waals surface area contributed by atoms with E-state index in [9.17, 15) is 4.79 Å². The van der Waals surface area contributed by atoms with Crippen LogP contribution in [0.3, 0.4) is 0 Å². The Kier molecular flexibility index (Phi) is 4.96. The van der Waals surface area contributed by atoms with Crippen molar-refractivity contribution in [1.29, 1.82) is 0 Å². The minimum absolute atomic E-state index is 0.218. The highest BCUT2D eigenvalue weighted by Gasteiger charge is 2.30. The molecule has 1 heterocycles. The van der Waals surface area contributed by atoms with Gasteiger partial charge in [-0.15, -0.1) is 0 Å². The van der Waals surface area contributed by atoms with Gasteiger partial charge in [-0.05, 0) is 17.7 Å². The van der Waals surface area contributed by atoms with Crippen LogP contribution in [0.2, 0.25) is 0 Å². The number of rotatable bonds is 4.